The largest absolute Gasteiger partial charge is 0.478 e. The van der Waals surface area contributed by atoms with Crippen molar-refractivity contribution in [3.05, 3.63) is 42.0 Å². The maximum Gasteiger partial charge on any atom is 0.336 e. The molecule has 0 bridgehead atoms. The minimum absolute atomic E-state index is 0.0609. The molecule has 1 aromatic heterocycles. The average molecular weight is 307 g/mol. The van der Waals surface area contributed by atoms with Gasteiger partial charge < -0.3 is 5.11 Å². The van der Waals surface area contributed by atoms with Crippen LogP contribution in [0.5, 0.6) is 0 Å². The SMILES string of the molecule is CC(C)Cn1ncnc1CS(=O)c1ccccc1C(=O)O. The number of carboxylic acids is 1. The molecule has 0 aliphatic rings. The predicted octanol–water partition coefficient (Wildman–Crippen LogP) is 1.94. The van der Waals surface area contributed by atoms with Crippen LogP contribution in [0.25, 0.3) is 0 Å². The highest BCUT2D eigenvalue weighted by molar-refractivity contribution is 7.84. The summed E-state index contributed by atoms with van der Waals surface area (Å²) >= 11 is 0. The molecular formula is C14H17N3O3S. The van der Waals surface area contributed by atoms with E-state index in [-0.39, 0.29) is 11.3 Å². The third kappa shape index (κ3) is 3.75. The zero-order valence-corrected chi connectivity index (χ0v) is 12.7. The maximum atomic E-state index is 12.4. The Morgan fingerprint density at radius 1 is 1.38 bits per heavy atom. The number of aromatic carboxylic acids is 1. The Bertz CT molecular complexity index is 667. The molecule has 112 valence electrons. The van der Waals surface area contributed by atoms with Crippen LogP contribution in [0, 0.1) is 5.92 Å². The number of hydrogen-bond donors (Lipinski definition) is 1. The number of aromatic nitrogens is 3. The van der Waals surface area contributed by atoms with Crippen molar-refractivity contribution in [3.8, 4) is 0 Å². The zero-order chi connectivity index (χ0) is 15.4. The summed E-state index contributed by atoms with van der Waals surface area (Å²) in [4.78, 5) is 15.6. The van der Waals surface area contributed by atoms with Gasteiger partial charge in [-0.3, -0.25) is 4.21 Å². The van der Waals surface area contributed by atoms with Crippen molar-refractivity contribution in [2.75, 3.05) is 0 Å². The lowest BCUT2D eigenvalue weighted by atomic mass is 10.2. The minimum Gasteiger partial charge on any atom is -0.478 e. The van der Waals surface area contributed by atoms with E-state index in [9.17, 15) is 9.00 Å². The third-order valence-corrected chi connectivity index (χ3v) is 4.22. The number of carboxylic acid groups (broad SMARTS) is 1. The van der Waals surface area contributed by atoms with Gasteiger partial charge in [0.1, 0.15) is 12.2 Å². The molecule has 0 radical (unpaired) electrons. The smallest absolute Gasteiger partial charge is 0.336 e. The fourth-order valence-electron chi connectivity index (χ4n) is 1.94. The van der Waals surface area contributed by atoms with Crippen LogP contribution in [0.2, 0.25) is 0 Å². The van der Waals surface area contributed by atoms with E-state index in [2.05, 4.69) is 23.9 Å². The number of benzene rings is 1. The first-order valence-corrected chi connectivity index (χ1v) is 7.88. The van der Waals surface area contributed by atoms with Crippen molar-refractivity contribution < 1.29 is 14.1 Å². The Morgan fingerprint density at radius 3 is 2.76 bits per heavy atom. The molecule has 1 N–H and O–H groups in total. The summed E-state index contributed by atoms with van der Waals surface area (Å²) in [6.07, 6.45) is 1.43. The molecule has 2 aromatic rings. The first kappa shape index (κ1) is 15.4. The van der Waals surface area contributed by atoms with E-state index in [0.717, 1.165) is 0 Å². The molecule has 0 saturated carbocycles. The Balaban J connectivity index is 2.23. The monoisotopic (exact) mass is 307 g/mol. The highest BCUT2D eigenvalue weighted by Gasteiger charge is 2.17. The molecule has 1 atom stereocenters. The highest BCUT2D eigenvalue weighted by Crippen LogP contribution is 2.16. The van der Waals surface area contributed by atoms with E-state index in [0.29, 0.717) is 23.2 Å². The average Bonchev–Trinajstić information content (AvgIpc) is 2.85. The van der Waals surface area contributed by atoms with Crippen LogP contribution in [0.1, 0.15) is 30.0 Å². The predicted molar refractivity (Wildman–Crippen MR) is 78.4 cm³/mol. The molecule has 1 heterocycles. The number of hydrogen-bond acceptors (Lipinski definition) is 4. The van der Waals surface area contributed by atoms with Crippen molar-refractivity contribution >= 4 is 16.8 Å². The van der Waals surface area contributed by atoms with Gasteiger partial charge in [-0.15, -0.1) is 0 Å². The van der Waals surface area contributed by atoms with E-state index in [1.807, 2.05) is 0 Å². The Morgan fingerprint density at radius 2 is 2.10 bits per heavy atom. The van der Waals surface area contributed by atoms with Crippen LogP contribution in [0.4, 0.5) is 0 Å². The van der Waals surface area contributed by atoms with Crippen LogP contribution >= 0.6 is 0 Å². The molecule has 6 nitrogen and oxygen atoms in total. The normalized spacial score (nSPS) is 12.5. The summed E-state index contributed by atoms with van der Waals surface area (Å²) in [7, 11) is -1.47. The molecule has 21 heavy (non-hydrogen) atoms. The summed E-state index contributed by atoms with van der Waals surface area (Å²) < 4.78 is 14.2. The number of nitrogens with zero attached hydrogens (tertiary/aromatic N) is 3. The summed E-state index contributed by atoms with van der Waals surface area (Å²) in [5.41, 5.74) is 0.0609. The van der Waals surface area contributed by atoms with Crippen molar-refractivity contribution in [1.82, 2.24) is 14.8 Å². The molecule has 0 spiro atoms. The number of carbonyl (C=O) groups is 1. The van der Waals surface area contributed by atoms with E-state index in [1.165, 1.54) is 12.4 Å². The van der Waals surface area contributed by atoms with Gasteiger partial charge in [0.05, 0.1) is 27.0 Å². The molecule has 2 rings (SSSR count). The lowest BCUT2D eigenvalue weighted by Crippen LogP contribution is -2.13. The van der Waals surface area contributed by atoms with E-state index < -0.39 is 16.8 Å². The lowest BCUT2D eigenvalue weighted by Gasteiger charge is -2.09. The number of rotatable bonds is 6. The molecular weight excluding hydrogens is 290 g/mol. The Hall–Kier alpha value is -2.02. The van der Waals surface area contributed by atoms with Crippen LogP contribution in [-0.4, -0.2) is 30.0 Å². The summed E-state index contributed by atoms with van der Waals surface area (Å²) in [6.45, 7) is 4.80. The van der Waals surface area contributed by atoms with Crippen molar-refractivity contribution in [2.24, 2.45) is 5.92 Å². The molecule has 1 aromatic carbocycles. The van der Waals surface area contributed by atoms with Gasteiger partial charge in [0.2, 0.25) is 0 Å². The second-order valence-electron chi connectivity index (χ2n) is 5.04. The molecule has 0 amide bonds. The van der Waals surface area contributed by atoms with Gasteiger partial charge in [-0.25, -0.2) is 14.5 Å². The minimum atomic E-state index is -1.47. The first-order valence-electron chi connectivity index (χ1n) is 6.56. The van der Waals surface area contributed by atoms with Gasteiger partial charge in [0.25, 0.3) is 0 Å². The third-order valence-electron chi connectivity index (χ3n) is 2.86. The molecule has 7 heteroatoms. The fourth-order valence-corrected chi connectivity index (χ4v) is 3.18. The van der Waals surface area contributed by atoms with Crippen molar-refractivity contribution in [3.63, 3.8) is 0 Å². The van der Waals surface area contributed by atoms with Gasteiger partial charge >= 0.3 is 5.97 Å². The fraction of sp³-hybridized carbons (Fsp3) is 0.357. The molecule has 1 unspecified atom stereocenters. The Kier molecular flexibility index (Phi) is 4.85. The van der Waals surface area contributed by atoms with E-state index >= 15 is 0 Å². The van der Waals surface area contributed by atoms with Crippen LogP contribution in [0.15, 0.2) is 35.5 Å². The standard InChI is InChI=1S/C14H17N3O3S/c1-10(2)7-17-13(15-9-16-17)8-21(20)12-6-4-3-5-11(12)14(18)19/h3-6,9-10H,7-8H2,1-2H3,(H,18,19). The van der Waals surface area contributed by atoms with Gasteiger partial charge in [0, 0.05) is 6.54 Å². The molecule has 0 aliphatic carbocycles. The van der Waals surface area contributed by atoms with Crippen LogP contribution < -0.4 is 0 Å². The summed E-state index contributed by atoms with van der Waals surface area (Å²) in [5, 5.41) is 13.3. The Labute approximate surface area is 125 Å². The summed E-state index contributed by atoms with van der Waals surface area (Å²) in [5.74, 6) is 0.0619. The van der Waals surface area contributed by atoms with Crippen LogP contribution in [0.3, 0.4) is 0 Å². The summed E-state index contributed by atoms with van der Waals surface area (Å²) in [6, 6.07) is 6.32. The second kappa shape index (κ2) is 6.62. The van der Waals surface area contributed by atoms with E-state index in [4.69, 9.17) is 5.11 Å². The molecule has 0 saturated heterocycles. The second-order valence-corrected chi connectivity index (χ2v) is 6.46. The zero-order valence-electron chi connectivity index (χ0n) is 11.9. The van der Waals surface area contributed by atoms with Gasteiger partial charge in [0.15, 0.2) is 0 Å². The maximum absolute atomic E-state index is 12.4. The van der Waals surface area contributed by atoms with Crippen LogP contribution in [-0.2, 0) is 23.1 Å². The highest BCUT2D eigenvalue weighted by atomic mass is 32.2. The lowest BCUT2D eigenvalue weighted by molar-refractivity contribution is 0.0693. The quantitative estimate of drug-likeness (QED) is 0.881. The van der Waals surface area contributed by atoms with Gasteiger partial charge in [-0.2, -0.15) is 5.10 Å². The first-order chi connectivity index (χ1) is 9.99. The van der Waals surface area contributed by atoms with Gasteiger partial charge in [-0.05, 0) is 18.1 Å². The van der Waals surface area contributed by atoms with E-state index in [1.54, 1.807) is 22.9 Å². The van der Waals surface area contributed by atoms with Crippen molar-refractivity contribution in [1.29, 1.82) is 0 Å². The van der Waals surface area contributed by atoms with Crippen molar-refractivity contribution in [2.45, 2.75) is 31.0 Å². The molecule has 0 aliphatic heterocycles. The topological polar surface area (TPSA) is 85.1 Å². The molecule has 0 fully saturated rings. The van der Waals surface area contributed by atoms with Gasteiger partial charge in [-0.1, -0.05) is 26.0 Å².